The molecule has 0 unspecified atom stereocenters. The van der Waals surface area contributed by atoms with Crippen molar-refractivity contribution in [2.75, 3.05) is 0 Å². The number of aliphatic hydroxyl groups is 1. The Balaban J connectivity index is 2.27. The molecule has 0 bridgehead atoms. The van der Waals surface area contributed by atoms with E-state index in [0.717, 1.165) is 10.9 Å². The summed E-state index contributed by atoms with van der Waals surface area (Å²) in [5.41, 5.74) is 2.24. The van der Waals surface area contributed by atoms with Crippen LogP contribution >= 0.6 is 15.9 Å². The number of aliphatic hydroxyl groups excluding tert-OH is 1. The number of aryl methyl sites for hydroxylation is 1. The molecule has 2 atom stereocenters. The zero-order valence-electron chi connectivity index (χ0n) is 12.0. The molecule has 1 aliphatic heterocycles. The number of benzene rings is 1. The van der Waals surface area contributed by atoms with Gasteiger partial charge in [-0.15, -0.1) is 0 Å². The quantitative estimate of drug-likeness (QED) is 0.742. The van der Waals surface area contributed by atoms with Crippen LogP contribution in [0, 0.1) is 18.3 Å². The highest BCUT2D eigenvalue weighted by atomic mass is 79.9. The average Bonchev–Trinajstić information content (AvgIpc) is 2.44. The predicted octanol–water partition coefficient (Wildman–Crippen LogP) is 3.38. The second-order valence-electron chi connectivity index (χ2n) is 5.90. The van der Waals surface area contributed by atoms with Crippen molar-refractivity contribution < 1.29 is 9.84 Å². The van der Waals surface area contributed by atoms with Gasteiger partial charge in [0.1, 0.15) is 23.1 Å². The summed E-state index contributed by atoms with van der Waals surface area (Å²) in [7, 11) is 0. The number of aromatic nitrogens is 1. The summed E-state index contributed by atoms with van der Waals surface area (Å²) >= 11 is 3.50. The largest absolute Gasteiger partial charge is 0.486 e. The van der Waals surface area contributed by atoms with Crippen LogP contribution in [0.4, 0.5) is 0 Å². The second kappa shape index (κ2) is 4.69. The summed E-state index contributed by atoms with van der Waals surface area (Å²) in [6.07, 6.45) is -0.680. The van der Waals surface area contributed by atoms with Gasteiger partial charge in [0, 0.05) is 10.9 Å². The van der Waals surface area contributed by atoms with Gasteiger partial charge >= 0.3 is 0 Å². The van der Waals surface area contributed by atoms with Gasteiger partial charge in [0.15, 0.2) is 0 Å². The van der Waals surface area contributed by atoms with Crippen molar-refractivity contribution >= 4 is 26.8 Å². The van der Waals surface area contributed by atoms with Crippen LogP contribution in [0.25, 0.3) is 10.9 Å². The molecule has 5 heteroatoms. The third-order valence-corrected chi connectivity index (χ3v) is 5.50. The number of fused-ring (bicyclic) bond motifs is 2. The van der Waals surface area contributed by atoms with Crippen LogP contribution in [0.5, 0.6) is 5.75 Å². The lowest BCUT2D eigenvalue weighted by Crippen LogP contribution is -2.45. The van der Waals surface area contributed by atoms with Gasteiger partial charge in [-0.25, -0.2) is 4.98 Å². The van der Waals surface area contributed by atoms with Gasteiger partial charge in [0.2, 0.25) is 0 Å². The number of halogens is 1. The number of ether oxygens (including phenoxy) is 1. The van der Waals surface area contributed by atoms with Crippen LogP contribution in [-0.4, -0.2) is 20.5 Å². The van der Waals surface area contributed by atoms with E-state index in [9.17, 15) is 5.11 Å². The molecule has 0 radical (unpaired) electrons. The van der Waals surface area contributed by atoms with Crippen LogP contribution in [0.15, 0.2) is 18.2 Å². The molecule has 0 amide bonds. The lowest BCUT2D eigenvalue weighted by Gasteiger charge is -2.40. The molecular weight excluding hydrogens is 332 g/mol. The first-order valence-corrected chi connectivity index (χ1v) is 7.61. The highest BCUT2D eigenvalue weighted by Crippen LogP contribution is 2.44. The highest BCUT2D eigenvalue weighted by Gasteiger charge is 2.41. The first kappa shape index (κ1) is 14.3. The molecule has 3 rings (SSSR count). The summed E-state index contributed by atoms with van der Waals surface area (Å²) in [5, 5.41) is 20.5. The smallest absolute Gasteiger partial charge is 0.141 e. The molecule has 4 nitrogen and oxygen atoms in total. The van der Waals surface area contributed by atoms with E-state index in [1.807, 2.05) is 32.9 Å². The fourth-order valence-corrected chi connectivity index (χ4v) is 3.07. The van der Waals surface area contributed by atoms with Crippen LogP contribution < -0.4 is 4.74 Å². The van der Waals surface area contributed by atoms with Crippen molar-refractivity contribution in [3.05, 3.63) is 35.0 Å². The Labute approximate surface area is 131 Å². The highest BCUT2D eigenvalue weighted by molar-refractivity contribution is 9.09. The summed E-state index contributed by atoms with van der Waals surface area (Å²) in [6.45, 7) is 5.81. The summed E-state index contributed by atoms with van der Waals surface area (Å²) in [6, 6.07) is 7.53. The monoisotopic (exact) mass is 346 g/mol. The Morgan fingerprint density at radius 1 is 1.38 bits per heavy atom. The Bertz CT molecular complexity index is 780. The van der Waals surface area contributed by atoms with E-state index >= 15 is 0 Å². The van der Waals surface area contributed by atoms with E-state index in [0.29, 0.717) is 22.5 Å². The number of hydrogen-bond acceptors (Lipinski definition) is 4. The molecule has 1 N–H and O–H groups in total. The lowest BCUT2D eigenvalue weighted by molar-refractivity contribution is 0.0228. The van der Waals surface area contributed by atoms with Gasteiger partial charge in [-0.1, -0.05) is 15.9 Å². The summed E-state index contributed by atoms with van der Waals surface area (Å²) in [5.74, 6) is 0.672. The number of rotatable bonds is 0. The van der Waals surface area contributed by atoms with Gasteiger partial charge in [0.25, 0.3) is 0 Å². The molecule has 2 aromatic rings. The van der Waals surface area contributed by atoms with Crippen molar-refractivity contribution in [1.29, 1.82) is 5.26 Å². The van der Waals surface area contributed by atoms with Crippen LogP contribution in [0.2, 0.25) is 0 Å². The van der Waals surface area contributed by atoms with Gasteiger partial charge < -0.3 is 9.84 Å². The van der Waals surface area contributed by atoms with Crippen molar-refractivity contribution in [3.8, 4) is 11.8 Å². The average molecular weight is 347 g/mol. The zero-order valence-corrected chi connectivity index (χ0v) is 13.6. The standard InChI is InChI=1S/C16H15BrN2O2/c1-8-4-9(7-18)19-12-5-11-13(6-10(8)12)21-16(2,3)15(17)14(11)20/h4-6,14-15,20H,1-3H3/t14-,15+/m0/s1. The van der Waals surface area contributed by atoms with Gasteiger partial charge in [-0.05, 0) is 44.5 Å². The topological polar surface area (TPSA) is 66.1 Å². The van der Waals surface area contributed by atoms with Crippen LogP contribution in [0.3, 0.4) is 0 Å². The Morgan fingerprint density at radius 3 is 2.76 bits per heavy atom. The molecule has 21 heavy (non-hydrogen) atoms. The van der Waals surface area contributed by atoms with Crippen molar-refractivity contribution in [2.24, 2.45) is 0 Å². The number of alkyl halides is 1. The Kier molecular flexibility index (Phi) is 3.19. The normalized spacial score (nSPS) is 23.2. The molecule has 1 aromatic heterocycles. The van der Waals surface area contributed by atoms with Crippen molar-refractivity contribution in [2.45, 2.75) is 37.3 Å². The van der Waals surface area contributed by atoms with Gasteiger partial charge in [0.05, 0.1) is 16.4 Å². The van der Waals surface area contributed by atoms with E-state index in [2.05, 4.69) is 27.0 Å². The summed E-state index contributed by atoms with van der Waals surface area (Å²) < 4.78 is 6.02. The fraction of sp³-hybridized carbons (Fsp3) is 0.375. The zero-order chi connectivity index (χ0) is 15.4. The molecule has 0 fully saturated rings. The number of nitriles is 1. The van der Waals surface area contributed by atoms with Crippen LogP contribution in [-0.2, 0) is 0 Å². The first-order chi connectivity index (χ1) is 9.83. The summed E-state index contributed by atoms with van der Waals surface area (Å²) in [4.78, 5) is 4.10. The van der Waals surface area contributed by atoms with Crippen LogP contribution in [0.1, 0.15) is 36.8 Å². The molecular formula is C16H15BrN2O2. The van der Waals surface area contributed by atoms with Crippen molar-refractivity contribution in [3.63, 3.8) is 0 Å². The second-order valence-corrected chi connectivity index (χ2v) is 6.88. The third kappa shape index (κ3) is 2.19. The fourth-order valence-electron chi connectivity index (χ4n) is 2.69. The molecule has 1 aromatic carbocycles. The minimum Gasteiger partial charge on any atom is -0.486 e. The minimum absolute atomic E-state index is 0.213. The van der Waals surface area contributed by atoms with E-state index < -0.39 is 11.7 Å². The molecule has 0 aliphatic carbocycles. The predicted molar refractivity (Wildman–Crippen MR) is 83.6 cm³/mol. The molecule has 2 heterocycles. The number of nitrogens with zero attached hydrogens (tertiary/aromatic N) is 2. The van der Waals surface area contributed by atoms with E-state index in [1.165, 1.54) is 0 Å². The number of pyridine rings is 1. The third-order valence-electron chi connectivity index (χ3n) is 3.89. The molecule has 0 saturated heterocycles. The SMILES string of the molecule is Cc1cc(C#N)nc2cc3c(cc12)OC(C)(C)[C@H](Br)[C@H]3O. The molecule has 108 valence electrons. The van der Waals surface area contributed by atoms with E-state index in [4.69, 9.17) is 10.00 Å². The lowest BCUT2D eigenvalue weighted by atomic mass is 9.90. The maximum atomic E-state index is 10.5. The van der Waals surface area contributed by atoms with Crippen molar-refractivity contribution in [1.82, 2.24) is 4.98 Å². The molecule has 0 spiro atoms. The maximum absolute atomic E-state index is 10.5. The first-order valence-electron chi connectivity index (χ1n) is 6.70. The van der Waals surface area contributed by atoms with Gasteiger partial charge in [-0.2, -0.15) is 5.26 Å². The molecule has 0 saturated carbocycles. The van der Waals surface area contributed by atoms with Gasteiger partial charge in [-0.3, -0.25) is 0 Å². The number of hydrogen-bond donors (Lipinski definition) is 1. The van der Waals surface area contributed by atoms with E-state index in [-0.39, 0.29) is 4.83 Å². The minimum atomic E-state index is -0.680. The van der Waals surface area contributed by atoms with E-state index in [1.54, 1.807) is 6.07 Å². The maximum Gasteiger partial charge on any atom is 0.141 e. The Morgan fingerprint density at radius 2 is 2.10 bits per heavy atom. The Hall–Kier alpha value is -1.64. The molecule has 1 aliphatic rings.